The van der Waals surface area contributed by atoms with Crippen molar-refractivity contribution >= 4 is 34.6 Å². The summed E-state index contributed by atoms with van der Waals surface area (Å²) in [7, 11) is 0. The van der Waals surface area contributed by atoms with Crippen LogP contribution in [0.4, 0.5) is 0 Å². The summed E-state index contributed by atoms with van der Waals surface area (Å²) in [5.74, 6) is -3.03. The molecule has 172 valence electrons. The Balaban J connectivity index is 1.68. The van der Waals surface area contributed by atoms with Crippen LogP contribution >= 0.6 is 0 Å². The van der Waals surface area contributed by atoms with E-state index >= 15 is 0 Å². The van der Waals surface area contributed by atoms with Crippen molar-refractivity contribution < 1.29 is 29.4 Å². The van der Waals surface area contributed by atoms with E-state index in [-0.39, 0.29) is 18.4 Å². The van der Waals surface area contributed by atoms with Crippen molar-refractivity contribution in [3.63, 3.8) is 0 Å². The van der Waals surface area contributed by atoms with Crippen molar-refractivity contribution in [1.82, 2.24) is 26.3 Å². The first-order valence-corrected chi connectivity index (χ1v) is 10.4. The van der Waals surface area contributed by atoms with E-state index in [0.717, 1.165) is 29.4 Å². The number of aliphatic carboxylic acids is 1. The Morgan fingerprint density at radius 1 is 1.12 bits per heavy atom. The zero-order chi connectivity index (χ0) is 23.1. The van der Waals surface area contributed by atoms with Crippen LogP contribution in [0, 0.1) is 0 Å². The Morgan fingerprint density at radius 2 is 1.91 bits per heavy atom. The van der Waals surface area contributed by atoms with Gasteiger partial charge in [0.25, 0.3) is 0 Å². The molecule has 3 amide bonds. The van der Waals surface area contributed by atoms with E-state index in [4.69, 9.17) is 10.2 Å². The lowest BCUT2D eigenvalue weighted by Gasteiger charge is -2.21. The predicted molar refractivity (Wildman–Crippen MR) is 115 cm³/mol. The van der Waals surface area contributed by atoms with Gasteiger partial charge in [-0.1, -0.05) is 18.2 Å². The molecule has 1 saturated heterocycles. The molecule has 32 heavy (non-hydrogen) atoms. The summed E-state index contributed by atoms with van der Waals surface area (Å²) in [6.07, 6.45) is 3.52. The lowest BCUT2D eigenvalue weighted by atomic mass is 10.0. The van der Waals surface area contributed by atoms with Crippen molar-refractivity contribution in [2.75, 3.05) is 19.7 Å². The van der Waals surface area contributed by atoms with Crippen LogP contribution in [0.25, 0.3) is 10.9 Å². The van der Waals surface area contributed by atoms with E-state index < -0.39 is 43.0 Å². The Hall–Kier alpha value is -3.44. The van der Waals surface area contributed by atoms with Crippen molar-refractivity contribution in [1.29, 1.82) is 0 Å². The number of rotatable bonds is 10. The molecule has 11 heteroatoms. The highest BCUT2D eigenvalue weighted by Gasteiger charge is 2.28. The van der Waals surface area contributed by atoms with E-state index in [1.807, 2.05) is 24.3 Å². The molecule has 3 unspecified atom stereocenters. The van der Waals surface area contributed by atoms with E-state index in [1.54, 1.807) is 6.20 Å². The molecule has 0 saturated carbocycles. The molecule has 1 aromatic heterocycles. The summed E-state index contributed by atoms with van der Waals surface area (Å²) >= 11 is 0. The van der Waals surface area contributed by atoms with Crippen molar-refractivity contribution in [3.05, 3.63) is 36.0 Å². The first-order chi connectivity index (χ1) is 15.4. The van der Waals surface area contributed by atoms with Crippen LogP contribution in [0.1, 0.15) is 18.4 Å². The molecule has 3 atom stereocenters. The van der Waals surface area contributed by atoms with Gasteiger partial charge in [-0.2, -0.15) is 0 Å². The van der Waals surface area contributed by atoms with Crippen LogP contribution in [0.2, 0.25) is 0 Å². The topological polar surface area (TPSA) is 173 Å². The Labute approximate surface area is 183 Å². The molecular weight excluding hydrogens is 418 g/mol. The number of aromatic nitrogens is 1. The summed E-state index contributed by atoms with van der Waals surface area (Å²) in [6, 6.07) is 4.79. The monoisotopic (exact) mass is 445 g/mol. The lowest BCUT2D eigenvalue weighted by Crippen LogP contribution is -2.54. The fourth-order valence-electron chi connectivity index (χ4n) is 3.63. The number of benzene rings is 1. The number of nitrogens with one attached hydrogen (secondary N) is 5. The number of aliphatic hydroxyl groups excluding tert-OH is 1. The third kappa shape index (κ3) is 5.83. The molecule has 1 aliphatic rings. The van der Waals surface area contributed by atoms with Gasteiger partial charge in [-0.3, -0.25) is 14.4 Å². The van der Waals surface area contributed by atoms with Gasteiger partial charge in [0.2, 0.25) is 17.7 Å². The Morgan fingerprint density at radius 3 is 2.59 bits per heavy atom. The molecule has 1 aliphatic heterocycles. The van der Waals surface area contributed by atoms with E-state index in [0.29, 0.717) is 6.42 Å². The highest BCUT2D eigenvalue weighted by molar-refractivity contribution is 5.93. The molecule has 2 heterocycles. The maximum absolute atomic E-state index is 12.8. The number of carbonyl (C=O) groups is 4. The van der Waals surface area contributed by atoms with Crippen molar-refractivity contribution in [3.8, 4) is 0 Å². The average molecular weight is 445 g/mol. The summed E-state index contributed by atoms with van der Waals surface area (Å²) in [4.78, 5) is 51.5. The number of hydrogen-bond acceptors (Lipinski definition) is 6. The summed E-state index contributed by atoms with van der Waals surface area (Å²) in [5, 5.41) is 29.2. The molecule has 11 nitrogen and oxygen atoms in total. The smallest absolute Gasteiger partial charge is 0.328 e. The molecule has 0 aliphatic carbocycles. The second kappa shape index (κ2) is 10.7. The highest BCUT2D eigenvalue weighted by Crippen LogP contribution is 2.19. The molecule has 3 rings (SSSR count). The van der Waals surface area contributed by atoms with Gasteiger partial charge in [0.1, 0.15) is 12.1 Å². The lowest BCUT2D eigenvalue weighted by molar-refractivity contribution is -0.142. The van der Waals surface area contributed by atoms with Crippen LogP contribution in [-0.4, -0.2) is 76.7 Å². The van der Waals surface area contributed by atoms with Crippen LogP contribution in [-0.2, 0) is 25.6 Å². The first-order valence-electron chi connectivity index (χ1n) is 10.4. The normalized spacial score (nSPS) is 17.5. The molecular formula is C21H27N5O6. The second-order valence-electron chi connectivity index (χ2n) is 7.63. The van der Waals surface area contributed by atoms with Crippen molar-refractivity contribution in [2.45, 2.75) is 37.4 Å². The molecule has 0 spiro atoms. The SMILES string of the molecule is O=C(CNC(=O)C(Cc1c[nH]c2ccccc12)NC(=O)C1CCCN1)NC(CO)C(=O)O. The number of carbonyl (C=O) groups excluding carboxylic acids is 3. The number of fused-ring (bicyclic) bond motifs is 1. The third-order valence-corrected chi connectivity index (χ3v) is 5.35. The predicted octanol–water partition coefficient (Wildman–Crippen LogP) is -1.37. The van der Waals surface area contributed by atoms with Gasteiger partial charge in [0.15, 0.2) is 0 Å². The van der Waals surface area contributed by atoms with Gasteiger partial charge in [0, 0.05) is 23.5 Å². The quantitative estimate of drug-likeness (QED) is 0.236. The van der Waals surface area contributed by atoms with Gasteiger partial charge in [-0.15, -0.1) is 0 Å². The van der Waals surface area contributed by atoms with Gasteiger partial charge in [-0.05, 0) is 31.0 Å². The van der Waals surface area contributed by atoms with Crippen LogP contribution in [0.15, 0.2) is 30.5 Å². The van der Waals surface area contributed by atoms with Crippen LogP contribution in [0.3, 0.4) is 0 Å². The summed E-state index contributed by atoms with van der Waals surface area (Å²) < 4.78 is 0. The molecule has 0 radical (unpaired) electrons. The number of para-hydroxylation sites is 1. The number of carboxylic acid groups (broad SMARTS) is 1. The van der Waals surface area contributed by atoms with E-state index in [9.17, 15) is 19.2 Å². The zero-order valence-corrected chi connectivity index (χ0v) is 17.4. The highest BCUT2D eigenvalue weighted by atomic mass is 16.4. The minimum absolute atomic E-state index is 0.199. The third-order valence-electron chi connectivity index (χ3n) is 5.35. The van der Waals surface area contributed by atoms with E-state index in [1.165, 1.54) is 0 Å². The van der Waals surface area contributed by atoms with Gasteiger partial charge in [0.05, 0.1) is 19.2 Å². The number of aliphatic hydroxyl groups is 1. The molecule has 1 aromatic carbocycles. The number of aromatic amines is 1. The average Bonchev–Trinajstić information content (AvgIpc) is 3.45. The molecule has 2 aromatic rings. The van der Waals surface area contributed by atoms with Crippen molar-refractivity contribution in [2.24, 2.45) is 0 Å². The minimum atomic E-state index is -1.46. The summed E-state index contributed by atoms with van der Waals surface area (Å²) in [6.45, 7) is -0.541. The minimum Gasteiger partial charge on any atom is -0.480 e. The van der Waals surface area contributed by atoms with Crippen LogP contribution in [0.5, 0.6) is 0 Å². The number of amides is 3. The van der Waals surface area contributed by atoms with Gasteiger partial charge >= 0.3 is 5.97 Å². The largest absolute Gasteiger partial charge is 0.480 e. The second-order valence-corrected chi connectivity index (χ2v) is 7.63. The standard InChI is InChI=1S/C21H27N5O6/c27-11-17(21(31)32)25-18(28)10-24-19(29)16(26-20(30)15-6-3-7-22-15)8-12-9-23-14-5-2-1-4-13(12)14/h1-2,4-5,9,15-17,22-23,27H,3,6-8,10-11H2,(H,24,29)(H,25,28)(H,26,30)(H,31,32). The Bertz CT molecular complexity index is 984. The number of hydrogen-bond donors (Lipinski definition) is 7. The van der Waals surface area contributed by atoms with Gasteiger partial charge < -0.3 is 36.5 Å². The fourth-order valence-corrected chi connectivity index (χ4v) is 3.63. The maximum atomic E-state index is 12.8. The maximum Gasteiger partial charge on any atom is 0.328 e. The van der Waals surface area contributed by atoms with Crippen LogP contribution < -0.4 is 21.3 Å². The summed E-state index contributed by atoms with van der Waals surface area (Å²) in [5.41, 5.74) is 1.73. The zero-order valence-electron chi connectivity index (χ0n) is 17.4. The number of H-pyrrole nitrogens is 1. The van der Waals surface area contributed by atoms with Gasteiger partial charge in [-0.25, -0.2) is 4.79 Å². The Kier molecular flexibility index (Phi) is 7.79. The molecule has 0 bridgehead atoms. The first kappa shape index (κ1) is 23.2. The number of carboxylic acids is 1. The molecule has 1 fully saturated rings. The fraction of sp³-hybridized carbons (Fsp3) is 0.429. The molecule has 7 N–H and O–H groups in total. The van der Waals surface area contributed by atoms with E-state index in [2.05, 4.69) is 26.3 Å².